The molecule has 2 atom stereocenters. The fourth-order valence-electron chi connectivity index (χ4n) is 3.12. The summed E-state index contributed by atoms with van der Waals surface area (Å²) in [5.41, 5.74) is 0.246. The first-order valence-electron chi connectivity index (χ1n) is 7.85. The number of ether oxygens (including phenoxy) is 1. The number of benzene rings is 2. The van der Waals surface area contributed by atoms with Gasteiger partial charge in [0.1, 0.15) is 29.7 Å². The Balaban J connectivity index is 1.77. The molecule has 1 fully saturated rings. The molecule has 0 saturated carbocycles. The molecule has 4 nitrogen and oxygen atoms in total. The number of epoxide rings is 1. The maximum absolute atomic E-state index is 14.5. The van der Waals surface area contributed by atoms with Gasteiger partial charge in [0, 0.05) is 5.56 Å². The van der Waals surface area contributed by atoms with E-state index in [0.717, 1.165) is 5.56 Å². The maximum atomic E-state index is 14.5. The second-order valence-corrected chi connectivity index (χ2v) is 7.12. The molecule has 0 N–H and O–H groups in total. The SMILES string of the molecule is CSc1ncnn1CC1(c2ccc(F)cc2)OC1c1cccc(Cl)c1F. The summed E-state index contributed by atoms with van der Waals surface area (Å²) in [4.78, 5) is 4.19. The smallest absolute Gasteiger partial charge is 0.185 e. The van der Waals surface area contributed by atoms with E-state index in [1.165, 1.54) is 36.3 Å². The van der Waals surface area contributed by atoms with Gasteiger partial charge in [0.05, 0.1) is 11.6 Å². The van der Waals surface area contributed by atoms with Gasteiger partial charge in [-0.05, 0) is 30.0 Å². The minimum Gasteiger partial charge on any atom is -0.354 e. The molecule has 2 aromatic carbocycles. The standard InChI is InChI=1S/C18H14ClF2N3OS/c1-26-17-22-10-23-24(17)9-18(11-5-7-12(20)8-6-11)16(25-18)13-3-2-4-14(19)15(13)21/h2-8,10,16H,9H2,1H3. The number of aromatic nitrogens is 3. The van der Waals surface area contributed by atoms with E-state index in [4.69, 9.17) is 16.3 Å². The van der Waals surface area contributed by atoms with Crippen LogP contribution in [-0.4, -0.2) is 21.0 Å². The third kappa shape index (κ3) is 2.90. The van der Waals surface area contributed by atoms with Crippen molar-refractivity contribution in [2.75, 3.05) is 6.26 Å². The van der Waals surface area contributed by atoms with Crippen LogP contribution in [0.2, 0.25) is 5.02 Å². The van der Waals surface area contributed by atoms with Crippen molar-refractivity contribution < 1.29 is 13.5 Å². The third-order valence-electron chi connectivity index (χ3n) is 4.44. The van der Waals surface area contributed by atoms with Crippen molar-refractivity contribution in [2.24, 2.45) is 0 Å². The van der Waals surface area contributed by atoms with Crippen molar-refractivity contribution in [3.05, 3.63) is 76.6 Å². The highest BCUT2D eigenvalue weighted by atomic mass is 35.5. The quantitative estimate of drug-likeness (QED) is 0.469. The Morgan fingerprint density at radius 1 is 1.23 bits per heavy atom. The van der Waals surface area contributed by atoms with Crippen LogP contribution in [0.15, 0.2) is 53.9 Å². The molecule has 1 saturated heterocycles. The Labute approximate surface area is 158 Å². The monoisotopic (exact) mass is 393 g/mol. The van der Waals surface area contributed by atoms with E-state index in [2.05, 4.69) is 10.1 Å². The Morgan fingerprint density at radius 2 is 2.00 bits per heavy atom. The molecule has 2 unspecified atom stereocenters. The predicted molar refractivity (Wildman–Crippen MR) is 95.1 cm³/mol. The minimum absolute atomic E-state index is 0.0385. The van der Waals surface area contributed by atoms with Gasteiger partial charge in [-0.15, -0.1) is 0 Å². The van der Waals surface area contributed by atoms with Crippen LogP contribution < -0.4 is 0 Å². The second kappa shape index (κ2) is 6.64. The molecule has 2 heterocycles. The fraction of sp³-hybridized carbons (Fsp3) is 0.222. The summed E-state index contributed by atoms with van der Waals surface area (Å²) in [5.74, 6) is -0.854. The highest BCUT2D eigenvalue weighted by Crippen LogP contribution is 2.59. The van der Waals surface area contributed by atoms with E-state index in [1.807, 2.05) is 6.26 Å². The summed E-state index contributed by atoms with van der Waals surface area (Å²) < 4.78 is 35.6. The highest BCUT2D eigenvalue weighted by molar-refractivity contribution is 7.98. The van der Waals surface area contributed by atoms with Crippen LogP contribution in [0.4, 0.5) is 8.78 Å². The minimum atomic E-state index is -0.864. The van der Waals surface area contributed by atoms with Crippen LogP contribution in [0, 0.1) is 11.6 Å². The average molecular weight is 394 g/mol. The van der Waals surface area contributed by atoms with Gasteiger partial charge in [-0.1, -0.05) is 47.6 Å². The van der Waals surface area contributed by atoms with Crippen LogP contribution in [-0.2, 0) is 16.9 Å². The fourth-order valence-corrected chi connectivity index (χ4v) is 3.78. The molecule has 0 spiro atoms. The van der Waals surface area contributed by atoms with Crippen molar-refractivity contribution >= 4 is 23.4 Å². The summed E-state index contributed by atoms with van der Waals surface area (Å²) in [6.07, 6.45) is 2.81. The van der Waals surface area contributed by atoms with E-state index in [9.17, 15) is 8.78 Å². The number of nitrogens with zero attached hydrogens (tertiary/aromatic N) is 3. The maximum Gasteiger partial charge on any atom is 0.185 e. The van der Waals surface area contributed by atoms with Gasteiger partial charge in [-0.3, -0.25) is 0 Å². The molecule has 0 amide bonds. The Kier molecular flexibility index (Phi) is 4.46. The molecule has 26 heavy (non-hydrogen) atoms. The van der Waals surface area contributed by atoms with Crippen LogP contribution in [0.3, 0.4) is 0 Å². The van der Waals surface area contributed by atoms with E-state index in [0.29, 0.717) is 17.3 Å². The van der Waals surface area contributed by atoms with Gasteiger partial charge in [-0.25, -0.2) is 18.4 Å². The molecule has 0 radical (unpaired) electrons. The molecule has 8 heteroatoms. The zero-order chi connectivity index (χ0) is 18.3. The van der Waals surface area contributed by atoms with E-state index < -0.39 is 17.5 Å². The normalized spacial score (nSPS) is 21.8. The van der Waals surface area contributed by atoms with Crippen molar-refractivity contribution in [3.63, 3.8) is 0 Å². The largest absolute Gasteiger partial charge is 0.354 e. The third-order valence-corrected chi connectivity index (χ3v) is 5.41. The van der Waals surface area contributed by atoms with Crippen LogP contribution in [0.1, 0.15) is 17.2 Å². The van der Waals surface area contributed by atoms with E-state index >= 15 is 0 Å². The molecule has 3 aromatic rings. The summed E-state index contributed by atoms with van der Waals surface area (Å²) in [5, 5.41) is 4.99. The Morgan fingerprint density at radius 3 is 2.73 bits per heavy atom. The number of halogens is 3. The number of rotatable bonds is 5. The van der Waals surface area contributed by atoms with Crippen molar-refractivity contribution in [2.45, 2.75) is 23.4 Å². The average Bonchev–Trinajstić information content (AvgIpc) is 3.17. The first kappa shape index (κ1) is 17.5. The first-order chi connectivity index (χ1) is 12.5. The topological polar surface area (TPSA) is 43.2 Å². The van der Waals surface area contributed by atoms with Gasteiger partial charge in [0.15, 0.2) is 5.16 Å². The van der Waals surface area contributed by atoms with E-state index in [-0.39, 0.29) is 10.8 Å². The molecule has 4 rings (SSSR count). The summed E-state index contributed by atoms with van der Waals surface area (Å²) in [6.45, 7) is 0.325. The van der Waals surface area contributed by atoms with Gasteiger partial charge >= 0.3 is 0 Å². The highest BCUT2D eigenvalue weighted by Gasteiger charge is 2.60. The lowest BCUT2D eigenvalue weighted by atomic mass is 9.91. The molecule has 1 aliphatic rings. The number of hydrogen-bond donors (Lipinski definition) is 0. The molecular formula is C18H14ClF2N3OS. The van der Waals surface area contributed by atoms with Gasteiger partial charge < -0.3 is 4.74 Å². The first-order valence-corrected chi connectivity index (χ1v) is 9.45. The van der Waals surface area contributed by atoms with Crippen LogP contribution in [0.25, 0.3) is 0 Å². The van der Waals surface area contributed by atoms with Crippen molar-refractivity contribution in [1.82, 2.24) is 14.8 Å². The molecule has 1 aliphatic heterocycles. The number of hydrogen-bond acceptors (Lipinski definition) is 4. The van der Waals surface area contributed by atoms with Crippen molar-refractivity contribution in [3.8, 4) is 0 Å². The lowest BCUT2D eigenvalue weighted by molar-refractivity contribution is 0.256. The Bertz CT molecular complexity index is 950. The lowest BCUT2D eigenvalue weighted by Gasteiger charge is -2.15. The summed E-state index contributed by atoms with van der Waals surface area (Å²) in [6, 6.07) is 10.8. The predicted octanol–water partition coefficient (Wildman–Crippen LogP) is 4.60. The lowest BCUT2D eigenvalue weighted by Crippen LogP contribution is -2.21. The summed E-state index contributed by atoms with van der Waals surface area (Å²) in [7, 11) is 0. The molecular weight excluding hydrogens is 380 g/mol. The van der Waals surface area contributed by atoms with E-state index in [1.54, 1.807) is 28.9 Å². The van der Waals surface area contributed by atoms with Gasteiger partial charge in [0.2, 0.25) is 0 Å². The summed E-state index contributed by atoms with van der Waals surface area (Å²) >= 11 is 7.37. The van der Waals surface area contributed by atoms with Gasteiger partial charge in [0.25, 0.3) is 0 Å². The van der Waals surface area contributed by atoms with Gasteiger partial charge in [-0.2, -0.15) is 5.10 Å². The zero-order valence-electron chi connectivity index (χ0n) is 13.7. The van der Waals surface area contributed by atoms with Crippen molar-refractivity contribution in [1.29, 1.82) is 0 Å². The molecule has 0 bridgehead atoms. The molecule has 0 aliphatic carbocycles. The molecule has 1 aromatic heterocycles. The Hall–Kier alpha value is -1.96. The second-order valence-electron chi connectivity index (χ2n) is 5.94. The molecule has 134 valence electrons. The zero-order valence-corrected chi connectivity index (χ0v) is 15.3. The number of thioether (sulfide) groups is 1. The van der Waals surface area contributed by atoms with Crippen LogP contribution >= 0.6 is 23.4 Å². The van der Waals surface area contributed by atoms with Crippen LogP contribution in [0.5, 0.6) is 0 Å².